The van der Waals surface area contributed by atoms with Crippen molar-refractivity contribution in [3.8, 4) is 0 Å². The summed E-state index contributed by atoms with van der Waals surface area (Å²) in [7, 11) is -2.95. The Morgan fingerprint density at radius 1 is 1.50 bits per heavy atom. The highest BCUT2D eigenvalue weighted by molar-refractivity contribution is 7.67. The van der Waals surface area contributed by atoms with Crippen LogP contribution >= 0.6 is 0 Å². The van der Waals surface area contributed by atoms with E-state index in [1.807, 2.05) is 0 Å². The lowest BCUT2D eigenvalue weighted by molar-refractivity contribution is 0.0808. The Bertz CT molecular complexity index is 175. The molecule has 0 rings (SSSR count). The minimum Gasteiger partial charge on any atom is -0.396 e. The lowest BCUT2D eigenvalue weighted by Crippen LogP contribution is -2.38. The Morgan fingerprint density at radius 3 is 2.50 bits per heavy atom. The number of nitrogens with two attached hydrogens (primary N) is 1. The number of rotatable bonds is 6. The van der Waals surface area contributed by atoms with Gasteiger partial charge < -0.3 is 15.9 Å². The molecule has 0 saturated carbocycles. The molecule has 7 heteroatoms. The smallest absolute Gasteiger partial charge is 0.257 e. The molecule has 74 valence electrons. The van der Waals surface area contributed by atoms with Crippen LogP contribution < -0.4 is 5.73 Å². The van der Waals surface area contributed by atoms with Gasteiger partial charge in [0.05, 0.1) is 12.7 Å². The van der Waals surface area contributed by atoms with E-state index >= 15 is 0 Å². The van der Waals surface area contributed by atoms with Crippen molar-refractivity contribution in [2.24, 2.45) is 5.73 Å². The average molecular weight is 199 g/mol. The second kappa shape index (κ2) is 6.32. The molecule has 0 aliphatic heterocycles. The number of aliphatic hydroxyl groups is 2. The highest BCUT2D eigenvalue weighted by Gasteiger charge is 2.14. The van der Waals surface area contributed by atoms with Crippen molar-refractivity contribution >= 4 is 11.0 Å². The molecule has 0 bridgehead atoms. The van der Waals surface area contributed by atoms with Gasteiger partial charge in [0.25, 0.3) is 11.0 Å². The molecule has 0 aromatic heterocycles. The molecule has 0 saturated heterocycles. The van der Waals surface area contributed by atoms with Crippen LogP contribution in [0.15, 0.2) is 0 Å². The molecule has 0 aromatic rings. The van der Waals surface area contributed by atoms with E-state index in [0.29, 0.717) is 0 Å². The zero-order valence-corrected chi connectivity index (χ0v) is 7.31. The summed E-state index contributed by atoms with van der Waals surface area (Å²) in [5.74, 6) is 0. The molecule has 0 amide bonds. The number of hydrogen-bond acceptors (Lipinski definition) is 6. The highest BCUT2D eigenvalue weighted by atomic mass is 32.2. The second-order valence-corrected chi connectivity index (χ2v) is 2.97. The molecular weight excluding hydrogens is 186 g/mol. The summed E-state index contributed by atoms with van der Waals surface area (Å²) in [4.78, 5) is 0. The summed E-state index contributed by atoms with van der Waals surface area (Å²) in [6, 6.07) is -0.662. The van der Waals surface area contributed by atoms with E-state index in [-0.39, 0.29) is 19.6 Å². The predicted octanol–water partition coefficient (Wildman–Crippen LogP) is -2.40. The molecule has 2 atom stereocenters. The lowest BCUT2D eigenvalue weighted by atomic mass is 10.1. The van der Waals surface area contributed by atoms with Crippen molar-refractivity contribution in [1.82, 2.24) is 0 Å². The summed E-state index contributed by atoms with van der Waals surface area (Å²) >= 11 is 0. The van der Waals surface area contributed by atoms with Crippen LogP contribution in [0.1, 0.15) is 6.42 Å². The zero-order chi connectivity index (χ0) is 9.56. The summed E-state index contributed by atoms with van der Waals surface area (Å²) in [6.45, 7) is -0.512. The standard InChI is InChI=1S/C5H13NO5S/c6-4(1-2-7)5(8)3-11-12(9)10/h4-5,7-8,12H,1-3,6H2. The van der Waals surface area contributed by atoms with E-state index in [0.717, 1.165) is 0 Å². The van der Waals surface area contributed by atoms with Crippen LogP contribution in [-0.2, 0) is 15.2 Å². The predicted molar refractivity (Wildman–Crippen MR) is 42.0 cm³/mol. The van der Waals surface area contributed by atoms with Gasteiger partial charge in [0.1, 0.15) is 0 Å². The Morgan fingerprint density at radius 2 is 2.08 bits per heavy atom. The topological polar surface area (TPSA) is 110 Å². The quantitative estimate of drug-likeness (QED) is 0.355. The van der Waals surface area contributed by atoms with Crippen LogP contribution in [0.25, 0.3) is 0 Å². The molecular formula is C5H13NO5S. The Kier molecular flexibility index (Phi) is 6.21. The van der Waals surface area contributed by atoms with Crippen molar-refractivity contribution in [3.05, 3.63) is 0 Å². The molecule has 0 radical (unpaired) electrons. The number of hydrogen-bond donors (Lipinski definition) is 4. The van der Waals surface area contributed by atoms with E-state index in [9.17, 15) is 8.42 Å². The van der Waals surface area contributed by atoms with Crippen LogP contribution in [0.2, 0.25) is 0 Å². The highest BCUT2D eigenvalue weighted by Crippen LogP contribution is 1.96. The fourth-order valence-corrected chi connectivity index (χ4v) is 0.877. The molecule has 6 nitrogen and oxygen atoms in total. The first-order valence-corrected chi connectivity index (χ1v) is 4.49. The van der Waals surface area contributed by atoms with Crippen molar-refractivity contribution < 1.29 is 22.8 Å². The van der Waals surface area contributed by atoms with Gasteiger partial charge in [0.15, 0.2) is 0 Å². The van der Waals surface area contributed by atoms with E-state index in [1.165, 1.54) is 0 Å². The molecule has 0 fully saturated rings. The van der Waals surface area contributed by atoms with Crippen molar-refractivity contribution in [3.63, 3.8) is 0 Å². The van der Waals surface area contributed by atoms with Gasteiger partial charge in [-0.3, -0.25) is 4.18 Å². The minimum atomic E-state index is -2.95. The number of aliphatic hydroxyl groups excluding tert-OH is 2. The van der Waals surface area contributed by atoms with Gasteiger partial charge in [-0.15, -0.1) is 0 Å². The van der Waals surface area contributed by atoms with Crippen LogP contribution in [0.3, 0.4) is 0 Å². The van der Waals surface area contributed by atoms with Gasteiger partial charge >= 0.3 is 0 Å². The first-order chi connectivity index (χ1) is 5.57. The van der Waals surface area contributed by atoms with Gasteiger partial charge in [-0.25, -0.2) is 8.42 Å². The van der Waals surface area contributed by atoms with Crippen molar-refractivity contribution in [2.75, 3.05) is 13.2 Å². The zero-order valence-electron chi connectivity index (χ0n) is 6.42. The first kappa shape index (κ1) is 11.8. The maximum Gasteiger partial charge on any atom is 0.257 e. The lowest BCUT2D eigenvalue weighted by Gasteiger charge is -2.15. The third kappa shape index (κ3) is 5.44. The van der Waals surface area contributed by atoms with Crippen molar-refractivity contribution in [1.29, 1.82) is 0 Å². The van der Waals surface area contributed by atoms with Gasteiger partial charge in [-0.1, -0.05) is 0 Å². The molecule has 0 aliphatic rings. The third-order valence-corrected chi connectivity index (χ3v) is 1.67. The molecule has 0 aromatic carbocycles. The van der Waals surface area contributed by atoms with Gasteiger partial charge in [-0.05, 0) is 6.42 Å². The normalized spacial score (nSPS) is 16.3. The molecule has 2 unspecified atom stereocenters. The summed E-state index contributed by atoms with van der Waals surface area (Å²) < 4.78 is 23.9. The fourth-order valence-electron chi connectivity index (χ4n) is 0.602. The first-order valence-electron chi connectivity index (χ1n) is 3.39. The van der Waals surface area contributed by atoms with Crippen LogP contribution in [-0.4, -0.2) is 44.0 Å². The van der Waals surface area contributed by atoms with Crippen LogP contribution in [0.4, 0.5) is 0 Å². The van der Waals surface area contributed by atoms with Crippen molar-refractivity contribution in [2.45, 2.75) is 18.6 Å². The maximum absolute atomic E-state index is 9.90. The van der Waals surface area contributed by atoms with Gasteiger partial charge in [-0.2, -0.15) is 0 Å². The monoisotopic (exact) mass is 199 g/mol. The summed E-state index contributed by atoms with van der Waals surface area (Å²) in [5, 5.41) is 17.5. The Hall–Kier alpha value is -0.210. The molecule has 4 N–H and O–H groups in total. The SMILES string of the molecule is NC(CCO)C(O)CO[SH](=O)=O. The van der Waals surface area contributed by atoms with Crippen LogP contribution in [0, 0.1) is 0 Å². The average Bonchev–Trinajstić information content (AvgIpc) is 2.00. The van der Waals surface area contributed by atoms with E-state index in [2.05, 4.69) is 4.18 Å². The summed E-state index contributed by atoms with van der Waals surface area (Å²) in [5.41, 5.74) is 5.33. The Balaban J connectivity index is 3.62. The molecule has 0 heterocycles. The van der Waals surface area contributed by atoms with E-state index in [1.54, 1.807) is 0 Å². The largest absolute Gasteiger partial charge is 0.396 e. The second-order valence-electron chi connectivity index (χ2n) is 2.26. The molecule has 12 heavy (non-hydrogen) atoms. The van der Waals surface area contributed by atoms with Gasteiger partial charge in [0.2, 0.25) is 0 Å². The summed E-state index contributed by atoms with van der Waals surface area (Å²) in [6.07, 6.45) is -0.856. The van der Waals surface area contributed by atoms with Crippen LogP contribution in [0.5, 0.6) is 0 Å². The molecule has 0 aliphatic carbocycles. The molecule has 0 spiro atoms. The fraction of sp³-hybridized carbons (Fsp3) is 1.00. The van der Waals surface area contributed by atoms with Gasteiger partial charge in [0, 0.05) is 12.6 Å². The third-order valence-electron chi connectivity index (χ3n) is 1.31. The number of thiol groups is 1. The van der Waals surface area contributed by atoms with E-state index in [4.69, 9.17) is 15.9 Å². The van der Waals surface area contributed by atoms with E-state index < -0.39 is 23.1 Å². The Labute approximate surface area is 72.1 Å². The minimum absolute atomic E-state index is 0.151. The maximum atomic E-state index is 9.90.